The average Bonchev–Trinajstić information content (AvgIpc) is 3.08. The van der Waals surface area contributed by atoms with Gasteiger partial charge in [0.2, 0.25) is 5.91 Å². The summed E-state index contributed by atoms with van der Waals surface area (Å²) < 4.78 is 2.03. The first kappa shape index (κ1) is 17.6. The number of carbonyl (C=O) groups is 1. The first-order valence-electron chi connectivity index (χ1n) is 8.82. The quantitative estimate of drug-likeness (QED) is 0.757. The molecule has 1 unspecified atom stereocenters. The molecule has 1 aliphatic heterocycles. The largest absolute Gasteiger partial charge is 0.370 e. The molecule has 27 heavy (non-hydrogen) atoms. The predicted octanol–water partition coefficient (Wildman–Crippen LogP) is 3.33. The fourth-order valence-electron chi connectivity index (χ4n) is 3.43. The van der Waals surface area contributed by atoms with E-state index in [-0.39, 0.29) is 6.42 Å². The molecule has 0 aliphatic carbocycles. The van der Waals surface area contributed by atoms with Crippen molar-refractivity contribution >= 4 is 23.0 Å². The van der Waals surface area contributed by atoms with Crippen molar-refractivity contribution in [1.29, 1.82) is 0 Å². The van der Waals surface area contributed by atoms with Gasteiger partial charge in [0.1, 0.15) is 16.9 Å². The van der Waals surface area contributed by atoms with Gasteiger partial charge < -0.3 is 5.73 Å². The molecule has 1 aromatic carbocycles. The van der Waals surface area contributed by atoms with Gasteiger partial charge in [0.25, 0.3) is 0 Å². The predicted molar refractivity (Wildman–Crippen MR) is 107 cm³/mol. The van der Waals surface area contributed by atoms with Gasteiger partial charge in [-0.15, -0.1) is 21.5 Å². The van der Waals surface area contributed by atoms with Gasteiger partial charge in [-0.1, -0.05) is 29.8 Å². The number of nitrogens with two attached hydrogens (primary N) is 1. The highest BCUT2D eigenvalue weighted by atomic mass is 32.1. The van der Waals surface area contributed by atoms with Gasteiger partial charge in [-0.2, -0.15) is 0 Å². The molecule has 1 amide bonds. The highest BCUT2D eigenvalue weighted by molar-refractivity contribution is 7.15. The second-order valence-electron chi connectivity index (χ2n) is 6.93. The van der Waals surface area contributed by atoms with E-state index in [1.165, 1.54) is 16.0 Å². The fraction of sp³-hybridized carbons (Fsp3) is 0.300. The minimum absolute atomic E-state index is 0.0977. The van der Waals surface area contributed by atoms with Crippen molar-refractivity contribution in [2.75, 3.05) is 0 Å². The molecular weight excluding hydrogens is 358 g/mol. The molecule has 138 valence electrons. The molecule has 0 spiro atoms. The molecule has 1 aliphatic rings. The first-order chi connectivity index (χ1) is 12.9. The van der Waals surface area contributed by atoms with Gasteiger partial charge in [-0.3, -0.25) is 14.4 Å². The maximum absolute atomic E-state index is 11.7. The molecule has 0 bridgehead atoms. The summed E-state index contributed by atoms with van der Waals surface area (Å²) in [5, 5.41) is 9.63. The molecule has 6 nitrogen and oxygen atoms in total. The van der Waals surface area contributed by atoms with E-state index in [1.807, 2.05) is 11.5 Å². The number of aliphatic imine (C=N–C) groups is 1. The number of amides is 1. The van der Waals surface area contributed by atoms with Gasteiger partial charge in [-0.05, 0) is 33.3 Å². The van der Waals surface area contributed by atoms with Gasteiger partial charge in [0.15, 0.2) is 5.82 Å². The summed E-state index contributed by atoms with van der Waals surface area (Å²) in [6.45, 7) is 8.21. The summed E-state index contributed by atoms with van der Waals surface area (Å²) in [7, 11) is 0. The number of nitrogens with zero attached hydrogens (tertiary/aromatic N) is 4. The van der Waals surface area contributed by atoms with Crippen LogP contribution in [0.3, 0.4) is 0 Å². The second kappa shape index (κ2) is 6.42. The number of rotatable bonds is 3. The zero-order valence-electron chi connectivity index (χ0n) is 15.8. The molecule has 3 aromatic rings. The summed E-state index contributed by atoms with van der Waals surface area (Å²) in [5.41, 5.74) is 10.9. The average molecular weight is 379 g/mol. The number of carbonyl (C=O) groups excluding carboxylic acids is 1. The fourth-order valence-corrected chi connectivity index (χ4v) is 4.64. The van der Waals surface area contributed by atoms with Crippen molar-refractivity contribution in [3.63, 3.8) is 0 Å². The molecule has 2 N–H and O–H groups in total. The lowest BCUT2D eigenvalue weighted by Gasteiger charge is -2.11. The van der Waals surface area contributed by atoms with Crippen LogP contribution in [0, 0.1) is 27.7 Å². The zero-order valence-corrected chi connectivity index (χ0v) is 16.6. The third-order valence-corrected chi connectivity index (χ3v) is 6.15. The number of thiophene rings is 1. The van der Waals surface area contributed by atoms with Crippen LogP contribution in [-0.4, -0.2) is 26.4 Å². The van der Waals surface area contributed by atoms with Crippen LogP contribution >= 0.6 is 11.3 Å². The lowest BCUT2D eigenvalue weighted by Crippen LogP contribution is -2.17. The van der Waals surface area contributed by atoms with Crippen molar-refractivity contribution in [3.05, 3.63) is 63.0 Å². The minimum Gasteiger partial charge on any atom is -0.370 e. The van der Waals surface area contributed by atoms with Crippen LogP contribution in [0.25, 0.3) is 5.00 Å². The van der Waals surface area contributed by atoms with E-state index in [0.717, 1.165) is 27.7 Å². The van der Waals surface area contributed by atoms with E-state index < -0.39 is 11.9 Å². The van der Waals surface area contributed by atoms with Crippen molar-refractivity contribution in [3.8, 4) is 5.00 Å². The summed E-state index contributed by atoms with van der Waals surface area (Å²) in [6, 6.07) is 7.84. The van der Waals surface area contributed by atoms with Crippen molar-refractivity contribution in [2.45, 2.75) is 40.2 Å². The molecule has 0 saturated carbocycles. The maximum atomic E-state index is 11.7. The lowest BCUT2D eigenvalue weighted by atomic mass is 9.99. The zero-order chi connectivity index (χ0) is 19.3. The van der Waals surface area contributed by atoms with Crippen molar-refractivity contribution in [1.82, 2.24) is 14.8 Å². The standard InChI is InChI=1S/C20H21N5OS/c1-10-5-7-14(8-6-10)18-17-11(2)12(3)27-20(17)25-13(4)23-24-19(25)15(22-18)9-16(21)26/h5-8,15H,9H2,1-4H3,(H2,21,26). The summed E-state index contributed by atoms with van der Waals surface area (Å²) >= 11 is 1.70. The SMILES string of the molecule is Cc1ccc(C2=NC(CC(N)=O)c3nnc(C)n3-c3sc(C)c(C)c32)cc1. The van der Waals surface area contributed by atoms with Crippen LogP contribution in [0.1, 0.15) is 51.2 Å². The Labute approximate surface area is 161 Å². The highest BCUT2D eigenvalue weighted by Crippen LogP contribution is 2.39. The molecule has 1 atom stereocenters. The number of fused-ring (bicyclic) bond motifs is 3. The Morgan fingerprint density at radius 1 is 1.15 bits per heavy atom. The second-order valence-corrected chi connectivity index (χ2v) is 8.14. The molecule has 0 saturated heterocycles. The Kier molecular flexibility index (Phi) is 4.19. The number of benzene rings is 1. The third-order valence-electron chi connectivity index (χ3n) is 4.96. The summed E-state index contributed by atoms with van der Waals surface area (Å²) in [4.78, 5) is 17.9. The molecule has 7 heteroatoms. The van der Waals surface area contributed by atoms with Gasteiger partial charge in [0.05, 0.1) is 12.1 Å². The molecule has 0 radical (unpaired) electrons. The summed E-state index contributed by atoms with van der Waals surface area (Å²) in [6.07, 6.45) is 0.0977. The number of hydrogen-bond acceptors (Lipinski definition) is 5. The Hall–Kier alpha value is -2.80. The maximum Gasteiger partial charge on any atom is 0.220 e. The van der Waals surface area contributed by atoms with E-state index in [4.69, 9.17) is 10.7 Å². The Morgan fingerprint density at radius 2 is 1.85 bits per heavy atom. The van der Waals surface area contributed by atoms with Crippen LogP contribution in [0.4, 0.5) is 0 Å². The van der Waals surface area contributed by atoms with Gasteiger partial charge >= 0.3 is 0 Å². The van der Waals surface area contributed by atoms with E-state index in [9.17, 15) is 4.79 Å². The van der Waals surface area contributed by atoms with Crippen LogP contribution in [0.2, 0.25) is 0 Å². The molecule has 4 rings (SSSR count). The first-order valence-corrected chi connectivity index (χ1v) is 9.64. The van der Waals surface area contributed by atoms with Crippen molar-refractivity contribution < 1.29 is 4.79 Å². The Bertz CT molecular complexity index is 1070. The number of aromatic nitrogens is 3. The topological polar surface area (TPSA) is 86.2 Å². The van der Waals surface area contributed by atoms with E-state index in [0.29, 0.717) is 5.82 Å². The smallest absolute Gasteiger partial charge is 0.220 e. The number of hydrogen-bond donors (Lipinski definition) is 1. The normalized spacial score (nSPS) is 15.7. The third kappa shape index (κ3) is 2.88. The molecule has 2 aromatic heterocycles. The Morgan fingerprint density at radius 3 is 2.52 bits per heavy atom. The summed E-state index contributed by atoms with van der Waals surface area (Å²) in [5.74, 6) is 1.04. The number of aryl methyl sites for hydroxylation is 3. The minimum atomic E-state index is -0.459. The van der Waals surface area contributed by atoms with Crippen LogP contribution in [0.5, 0.6) is 0 Å². The Balaban J connectivity index is 2.04. The molecule has 0 fully saturated rings. The van der Waals surface area contributed by atoms with Crippen LogP contribution in [-0.2, 0) is 4.79 Å². The van der Waals surface area contributed by atoms with Gasteiger partial charge in [-0.25, -0.2) is 0 Å². The van der Waals surface area contributed by atoms with Crippen LogP contribution in [0.15, 0.2) is 29.3 Å². The van der Waals surface area contributed by atoms with E-state index >= 15 is 0 Å². The molecule has 3 heterocycles. The monoisotopic (exact) mass is 379 g/mol. The van der Waals surface area contributed by atoms with E-state index in [1.54, 1.807) is 11.3 Å². The van der Waals surface area contributed by atoms with Gasteiger partial charge in [0, 0.05) is 16.0 Å². The lowest BCUT2D eigenvalue weighted by molar-refractivity contribution is -0.118. The van der Waals surface area contributed by atoms with Crippen molar-refractivity contribution in [2.24, 2.45) is 10.7 Å². The molecular formula is C20H21N5OS. The van der Waals surface area contributed by atoms with Crippen LogP contribution < -0.4 is 5.73 Å². The number of primary amides is 1. The highest BCUT2D eigenvalue weighted by Gasteiger charge is 2.31. The van der Waals surface area contributed by atoms with E-state index in [2.05, 4.69) is 55.2 Å².